The molecule has 6 atom stereocenters. The number of hydrogen-bond donors (Lipinski definition) is 4. The number of likely N-dealkylation sites (tertiary alicyclic amines) is 2. The molecule has 14 heteroatoms. The molecule has 326 valence electrons. The average Bonchev–Trinajstić information content (AvgIpc) is 3.97. The number of amides is 4. The van der Waals surface area contributed by atoms with Crippen LogP contribution in [-0.2, 0) is 19.1 Å². The summed E-state index contributed by atoms with van der Waals surface area (Å²) in [5, 5.41) is 5.78. The van der Waals surface area contributed by atoms with Crippen molar-refractivity contribution in [3.05, 3.63) is 72.6 Å². The highest BCUT2D eigenvalue weighted by Crippen LogP contribution is 2.65. The van der Waals surface area contributed by atoms with E-state index in [-0.39, 0.29) is 47.8 Å². The molecule has 4 N–H and O–H groups in total. The quantitative estimate of drug-likeness (QED) is 0.117. The van der Waals surface area contributed by atoms with Crippen molar-refractivity contribution in [2.45, 2.75) is 127 Å². The zero-order chi connectivity index (χ0) is 42.9. The maximum absolute atomic E-state index is 14.2. The first-order chi connectivity index (χ1) is 30.0. The molecular weight excluding hydrogens is 785 g/mol. The molecule has 2 unspecified atom stereocenters. The Kier molecular flexibility index (Phi) is 10.2. The molecule has 6 aliphatic rings. The van der Waals surface area contributed by atoms with E-state index in [0.29, 0.717) is 10.8 Å². The second-order valence-corrected chi connectivity index (χ2v) is 19.5. The zero-order valence-corrected chi connectivity index (χ0v) is 36.1. The summed E-state index contributed by atoms with van der Waals surface area (Å²) >= 11 is 0. The van der Waals surface area contributed by atoms with Gasteiger partial charge in [-0.15, -0.1) is 0 Å². The summed E-state index contributed by atoms with van der Waals surface area (Å²) in [5.74, 6) is 1.65. The molecule has 14 nitrogen and oxygen atoms in total. The first kappa shape index (κ1) is 40.4. The summed E-state index contributed by atoms with van der Waals surface area (Å²) < 4.78 is 9.85. The van der Waals surface area contributed by atoms with Gasteiger partial charge in [0.05, 0.1) is 50.1 Å². The fourth-order valence-electron chi connectivity index (χ4n) is 11.4. The van der Waals surface area contributed by atoms with Gasteiger partial charge in [-0.1, -0.05) is 48.5 Å². The number of hydrogen-bond acceptors (Lipinski definition) is 8. The van der Waals surface area contributed by atoms with E-state index in [1.165, 1.54) is 39.9 Å². The third-order valence-electron chi connectivity index (χ3n) is 15.5. The SMILES string of the molecule is COC(=O)NC(C(=O)N1[C@@H](C)CC[C@H]1c1ncc(-c2ccc(-c3ccc(-c4cnc([C@@H]5CC[C@H](C)N5C(=O)C(NC(=O)OC)C5CC6(CC6)C5)[nH]4)cc3)cc2)[nH]1)C1CC2(CC2)C1. The predicted molar refractivity (Wildman–Crippen MR) is 231 cm³/mol. The number of carbonyl (C=O) groups excluding carboxylic acids is 4. The van der Waals surface area contributed by atoms with Crippen LogP contribution in [-0.4, -0.2) is 92.1 Å². The Balaban J connectivity index is 0.796. The molecule has 2 spiro atoms. The molecule has 2 aliphatic heterocycles. The lowest BCUT2D eigenvalue weighted by molar-refractivity contribution is -0.140. The van der Waals surface area contributed by atoms with Crippen LogP contribution in [0.25, 0.3) is 33.6 Å². The van der Waals surface area contributed by atoms with Crippen molar-refractivity contribution in [2.24, 2.45) is 22.7 Å². The van der Waals surface area contributed by atoms with Crippen LogP contribution < -0.4 is 10.6 Å². The number of methoxy groups -OCH3 is 2. The minimum absolute atomic E-state index is 0.0264. The van der Waals surface area contributed by atoms with Crippen LogP contribution in [0.15, 0.2) is 60.9 Å². The van der Waals surface area contributed by atoms with Crippen LogP contribution in [0, 0.1) is 22.7 Å². The fourth-order valence-corrected chi connectivity index (χ4v) is 11.4. The van der Waals surface area contributed by atoms with Gasteiger partial charge in [-0.3, -0.25) is 9.59 Å². The number of rotatable bonds is 11. The van der Waals surface area contributed by atoms with Gasteiger partial charge in [0.1, 0.15) is 23.7 Å². The lowest BCUT2D eigenvalue weighted by Gasteiger charge is -2.42. The first-order valence-corrected chi connectivity index (χ1v) is 22.6. The van der Waals surface area contributed by atoms with Gasteiger partial charge in [-0.25, -0.2) is 19.6 Å². The monoisotopic (exact) mass is 842 g/mol. The minimum Gasteiger partial charge on any atom is -0.453 e. The smallest absolute Gasteiger partial charge is 0.407 e. The molecule has 0 radical (unpaired) electrons. The molecule has 4 heterocycles. The number of nitrogens with zero attached hydrogens (tertiary/aromatic N) is 4. The van der Waals surface area contributed by atoms with Crippen molar-refractivity contribution in [1.82, 2.24) is 40.4 Å². The number of nitrogens with one attached hydrogen (secondary N) is 4. The molecule has 6 fully saturated rings. The van der Waals surface area contributed by atoms with Crippen LogP contribution >= 0.6 is 0 Å². The molecule has 4 saturated carbocycles. The topological polar surface area (TPSA) is 175 Å². The standard InChI is InChI=1S/C48H58N8O6/c1-27-5-15-37(55(27)43(57)39(53-45(59)61-3)33-21-47(22-33)17-18-47)41-49-25-35(51-41)31-11-7-29(8-12-31)30-9-13-32(14-10-30)36-26-50-42(52-36)38-16-6-28(2)56(38)44(58)40(54-46(60)62-4)34-23-48(24-34)19-20-48/h7-14,25-28,33-34,37-40H,5-6,15-24H2,1-4H3,(H,49,51)(H,50,52)(H,53,59)(H,54,60)/t27-,28-,37-,38-,39?,40?/m0/s1. The number of H-pyrrole nitrogens is 2. The van der Waals surface area contributed by atoms with Crippen LogP contribution in [0.3, 0.4) is 0 Å². The molecule has 62 heavy (non-hydrogen) atoms. The molecule has 2 aromatic carbocycles. The van der Waals surface area contributed by atoms with Gasteiger partial charge in [0, 0.05) is 12.1 Å². The first-order valence-electron chi connectivity index (χ1n) is 22.6. The number of ether oxygens (including phenoxy) is 2. The number of aromatic amines is 2. The largest absolute Gasteiger partial charge is 0.453 e. The Morgan fingerprint density at radius 2 is 0.952 bits per heavy atom. The number of aromatic nitrogens is 4. The third-order valence-corrected chi connectivity index (χ3v) is 15.5. The van der Waals surface area contributed by atoms with Gasteiger partial charge >= 0.3 is 12.2 Å². The molecule has 10 rings (SSSR count). The lowest BCUT2D eigenvalue weighted by Crippen LogP contribution is -2.56. The van der Waals surface area contributed by atoms with E-state index in [2.05, 4.69) is 83.0 Å². The van der Waals surface area contributed by atoms with E-state index >= 15 is 0 Å². The van der Waals surface area contributed by atoms with Crippen molar-refractivity contribution in [3.8, 4) is 33.6 Å². The van der Waals surface area contributed by atoms with Crippen LogP contribution in [0.1, 0.15) is 115 Å². The maximum Gasteiger partial charge on any atom is 0.407 e. The minimum atomic E-state index is -0.600. The summed E-state index contributed by atoms with van der Waals surface area (Å²) in [6.07, 6.45) is 14.6. The molecule has 4 amide bonds. The van der Waals surface area contributed by atoms with Crippen molar-refractivity contribution < 1.29 is 28.7 Å². The van der Waals surface area contributed by atoms with E-state index < -0.39 is 24.3 Å². The number of alkyl carbamates (subject to hydrolysis) is 2. The van der Waals surface area contributed by atoms with Crippen LogP contribution in [0.5, 0.6) is 0 Å². The molecule has 4 aromatic rings. The van der Waals surface area contributed by atoms with Crippen molar-refractivity contribution in [2.75, 3.05) is 14.2 Å². The number of benzene rings is 2. The van der Waals surface area contributed by atoms with Gasteiger partial charge < -0.3 is 39.9 Å². The Labute approximate surface area is 362 Å². The Bertz CT molecular complexity index is 2170. The fraction of sp³-hybridized carbons (Fsp3) is 0.542. The van der Waals surface area contributed by atoms with E-state index in [1.54, 1.807) is 0 Å². The zero-order valence-electron chi connectivity index (χ0n) is 36.1. The van der Waals surface area contributed by atoms with E-state index in [1.807, 2.05) is 22.2 Å². The predicted octanol–water partition coefficient (Wildman–Crippen LogP) is 8.07. The van der Waals surface area contributed by atoms with Crippen molar-refractivity contribution in [3.63, 3.8) is 0 Å². The summed E-state index contributed by atoms with van der Waals surface area (Å²) in [6, 6.07) is 15.2. The second kappa shape index (κ2) is 15.6. The van der Waals surface area contributed by atoms with Crippen LogP contribution in [0.4, 0.5) is 9.59 Å². The number of carbonyl (C=O) groups is 4. The van der Waals surface area contributed by atoms with Gasteiger partial charge in [0.25, 0.3) is 0 Å². The molecule has 0 bridgehead atoms. The molecule has 4 aliphatic carbocycles. The van der Waals surface area contributed by atoms with Crippen LogP contribution in [0.2, 0.25) is 0 Å². The average molecular weight is 843 g/mol. The summed E-state index contributed by atoms with van der Waals surface area (Å²) in [5.41, 5.74) is 6.68. The van der Waals surface area contributed by atoms with Gasteiger partial charge in [0.2, 0.25) is 11.8 Å². The lowest BCUT2D eigenvalue weighted by atomic mass is 9.68. The normalized spacial score (nSPS) is 26.4. The van der Waals surface area contributed by atoms with E-state index in [0.717, 1.165) is 96.7 Å². The molecule has 2 saturated heterocycles. The Morgan fingerprint density at radius 1 is 0.597 bits per heavy atom. The highest BCUT2D eigenvalue weighted by molar-refractivity contribution is 5.88. The molecule has 2 aromatic heterocycles. The second-order valence-electron chi connectivity index (χ2n) is 19.5. The Morgan fingerprint density at radius 3 is 1.29 bits per heavy atom. The summed E-state index contributed by atoms with van der Waals surface area (Å²) in [4.78, 5) is 73.6. The van der Waals surface area contributed by atoms with Gasteiger partial charge in [-0.2, -0.15) is 0 Å². The summed E-state index contributed by atoms with van der Waals surface area (Å²) in [7, 11) is 2.68. The summed E-state index contributed by atoms with van der Waals surface area (Å²) in [6.45, 7) is 4.15. The highest BCUT2D eigenvalue weighted by Gasteiger charge is 2.58. The Hall–Kier alpha value is -5.66. The maximum atomic E-state index is 14.2. The third kappa shape index (κ3) is 7.42. The van der Waals surface area contributed by atoms with E-state index in [9.17, 15) is 19.2 Å². The molecular formula is C48H58N8O6. The highest BCUT2D eigenvalue weighted by atomic mass is 16.5. The van der Waals surface area contributed by atoms with Crippen molar-refractivity contribution in [1.29, 1.82) is 0 Å². The van der Waals surface area contributed by atoms with Gasteiger partial charge in [0.15, 0.2) is 0 Å². The van der Waals surface area contributed by atoms with E-state index in [4.69, 9.17) is 19.4 Å². The van der Waals surface area contributed by atoms with Crippen molar-refractivity contribution >= 4 is 24.0 Å². The number of imidazole rings is 2. The van der Waals surface area contributed by atoms with Gasteiger partial charge in [-0.05, 0) is 136 Å².